The number of rotatable bonds is 9. The average Bonchev–Trinajstić information content (AvgIpc) is 2.46. The second kappa shape index (κ2) is 10.9. The molecule has 1 rings (SSSR count). The molecule has 6 nitrogen and oxygen atoms in total. The van der Waals surface area contributed by atoms with Crippen molar-refractivity contribution in [3.63, 3.8) is 0 Å². The molecule has 1 aromatic rings. The SMILES string of the molecule is CC(C)CC(CN)NC(=O)CCOc1ccc(C(N)=O)cc1.Cl. The van der Waals surface area contributed by atoms with Crippen LogP contribution in [-0.2, 0) is 4.79 Å². The maximum Gasteiger partial charge on any atom is 0.248 e. The Morgan fingerprint density at radius 2 is 1.83 bits per heavy atom. The summed E-state index contributed by atoms with van der Waals surface area (Å²) < 4.78 is 5.46. The summed E-state index contributed by atoms with van der Waals surface area (Å²) in [5, 5.41) is 2.90. The Hall–Kier alpha value is -1.79. The molecule has 0 heterocycles. The van der Waals surface area contributed by atoms with Crippen LogP contribution in [-0.4, -0.2) is 31.0 Å². The van der Waals surface area contributed by atoms with E-state index in [0.29, 0.717) is 23.8 Å². The van der Waals surface area contributed by atoms with E-state index in [1.807, 2.05) is 0 Å². The molecule has 0 fully saturated rings. The molecule has 0 bridgehead atoms. The second-order valence-corrected chi connectivity index (χ2v) is 5.62. The Morgan fingerprint density at radius 3 is 2.30 bits per heavy atom. The molecule has 0 aliphatic heterocycles. The molecule has 0 spiro atoms. The van der Waals surface area contributed by atoms with Crippen LogP contribution in [0.1, 0.15) is 37.0 Å². The molecule has 23 heavy (non-hydrogen) atoms. The van der Waals surface area contributed by atoms with Crippen LogP contribution in [0.4, 0.5) is 0 Å². The van der Waals surface area contributed by atoms with Crippen molar-refractivity contribution in [3.05, 3.63) is 29.8 Å². The minimum atomic E-state index is -0.482. The number of amides is 2. The number of halogens is 1. The summed E-state index contributed by atoms with van der Waals surface area (Å²) in [7, 11) is 0. The zero-order valence-corrected chi connectivity index (χ0v) is 14.4. The third-order valence-electron chi connectivity index (χ3n) is 3.14. The molecule has 2 amide bonds. The first-order valence-corrected chi connectivity index (χ1v) is 7.44. The number of carbonyl (C=O) groups excluding carboxylic acids is 2. The number of hydrogen-bond acceptors (Lipinski definition) is 4. The standard InChI is InChI=1S/C16H25N3O3.ClH/c1-11(2)9-13(10-17)19-15(20)7-8-22-14-5-3-12(4-6-14)16(18)21;/h3-6,11,13H,7-10,17H2,1-2H3,(H2,18,21)(H,19,20);1H. The number of nitrogens with two attached hydrogens (primary N) is 2. The summed E-state index contributed by atoms with van der Waals surface area (Å²) >= 11 is 0. The highest BCUT2D eigenvalue weighted by Crippen LogP contribution is 2.12. The van der Waals surface area contributed by atoms with Crippen LogP contribution in [0, 0.1) is 5.92 Å². The lowest BCUT2D eigenvalue weighted by Crippen LogP contribution is -2.41. The Labute approximate surface area is 143 Å². The van der Waals surface area contributed by atoms with Gasteiger partial charge in [0.2, 0.25) is 11.8 Å². The van der Waals surface area contributed by atoms with Crippen LogP contribution in [0.2, 0.25) is 0 Å². The van der Waals surface area contributed by atoms with Gasteiger partial charge in [0.1, 0.15) is 5.75 Å². The molecule has 7 heteroatoms. The molecule has 130 valence electrons. The number of hydrogen-bond donors (Lipinski definition) is 3. The first-order valence-electron chi connectivity index (χ1n) is 7.44. The van der Waals surface area contributed by atoms with Gasteiger partial charge in [-0.15, -0.1) is 12.4 Å². The van der Waals surface area contributed by atoms with Gasteiger partial charge in [0.25, 0.3) is 0 Å². The van der Waals surface area contributed by atoms with Gasteiger partial charge < -0.3 is 21.5 Å². The van der Waals surface area contributed by atoms with Gasteiger partial charge in [-0.05, 0) is 36.6 Å². The van der Waals surface area contributed by atoms with E-state index in [1.165, 1.54) is 0 Å². The molecule has 0 radical (unpaired) electrons. The van der Waals surface area contributed by atoms with Crippen LogP contribution in [0.15, 0.2) is 24.3 Å². The molecular formula is C16H26ClN3O3. The number of nitrogens with one attached hydrogen (secondary N) is 1. The Bertz CT molecular complexity index is 492. The van der Waals surface area contributed by atoms with Crippen LogP contribution in [0.3, 0.4) is 0 Å². The second-order valence-electron chi connectivity index (χ2n) is 5.62. The number of ether oxygens (including phenoxy) is 1. The van der Waals surface area contributed by atoms with Crippen molar-refractivity contribution in [2.75, 3.05) is 13.2 Å². The van der Waals surface area contributed by atoms with Crippen molar-refractivity contribution in [2.24, 2.45) is 17.4 Å². The lowest BCUT2D eigenvalue weighted by atomic mass is 10.0. The van der Waals surface area contributed by atoms with E-state index in [-0.39, 0.29) is 37.4 Å². The van der Waals surface area contributed by atoms with E-state index < -0.39 is 5.91 Å². The molecule has 0 aromatic heterocycles. The maximum absolute atomic E-state index is 11.8. The predicted molar refractivity (Wildman–Crippen MR) is 92.8 cm³/mol. The smallest absolute Gasteiger partial charge is 0.248 e. The van der Waals surface area contributed by atoms with Gasteiger partial charge in [-0.2, -0.15) is 0 Å². The van der Waals surface area contributed by atoms with Gasteiger partial charge in [-0.25, -0.2) is 0 Å². The zero-order valence-electron chi connectivity index (χ0n) is 13.6. The topological polar surface area (TPSA) is 107 Å². The third-order valence-corrected chi connectivity index (χ3v) is 3.14. The third kappa shape index (κ3) is 8.42. The van der Waals surface area contributed by atoms with Crippen LogP contribution in [0.25, 0.3) is 0 Å². The summed E-state index contributed by atoms with van der Waals surface area (Å²) in [4.78, 5) is 22.8. The molecule has 0 saturated heterocycles. The molecular weight excluding hydrogens is 318 g/mol. The normalized spacial score (nSPS) is 11.5. The molecule has 5 N–H and O–H groups in total. The van der Waals surface area contributed by atoms with Crippen molar-refractivity contribution in [3.8, 4) is 5.75 Å². The lowest BCUT2D eigenvalue weighted by Gasteiger charge is -2.18. The highest BCUT2D eigenvalue weighted by atomic mass is 35.5. The van der Waals surface area contributed by atoms with Crippen LogP contribution >= 0.6 is 12.4 Å². The highest BCUT2D eigenvalue weighted by Gasteiger charge is 2.12. The van der Waals surface area contributed by atoms with E-state index in [0.717, 1.165) is 6.42 Å². The van der Waals surface area contributed by atoms with Crippen molar-refractivity contribution < 1.29 is 14.3 Å². The van der Waals surface area contributed by atoms with Gasteiger partial charge >= 0.3 is 0 Å². The summed E-state index contributed by atoms with van der Waals surface area (Å²) in [6, 6.07) is 6.48. The maximum atomic E-state index is 11.8. The number of carbonyl (C=O) groups is 2. The van der Waals surface area contributed by atoms with Gasteiger partial charge in [-0.1, -0.05) is 13.8 Å². The minimum Gasteiger partial charge on any atom is -0.493 e. The van der Waals surface area contributed by atoms with E-state index in [1.54, 1.807) is 24.3 Å². The lowest BCUT2D eigenvalue weighted by molar-refractivity contribution is -0.122. The van der Waals surface area contributed by atoms with Crippen molar-refractivity contribution in [2.45, 2.75) is 32.7 Å². The van der Waals surface area contributed by atoms with Gasteiger partial charge in [0.05, 0.1) is 13.0 Å². The fourth-order valence-corrected chi connectivity index (χ4v) is 2.06. The summed E-state index contributed by atoms with van der Waals surface area (Å²) in [5.41, 5.74) is 11.2. The molecule has 1 atom stereocenters. The molecule has 1 unspecified atom stereocenters. The van der Waals surface area contributed by atoms with Crippen molar-refractivity contribution >= 4 is 24.2 Å². The largest absolute Gasteiger partial charge is 0.493 e. The monoisotopic (exact) mass is 343 g/mol. The summed E-state index contributed by atoms with van der Waals surface area (Å²) in [6.45, 7) is 4.88. The first-order chi connectivity index (χ1) is 10.4. The van der Waals surface area contributed by atoms with E-state index >= 15 is 0 Å². The fourth-order valence-electron chi connectivity index (χ4n) is 2.06. The number of primary amides is 1. The van der Waals surface area contributed by atoms with Gasteiger partial charge in [0, 0.05) is 18.2 Å². The van der Waals surface area contributed by atoms with E-state index in [2.05, 4.69) is 19.2 Å². The zero-order chi connectivity index (χ0) is 16.5. The molecule has 0 saturated carbocycles. The van der Waals surface area contributed by atoms with Crippen molar-refractivity contribution in [1.29, 1.82) is 0 Å². The highest BCUT2D eigenvalue weighted by molar-refractivity contribution is 5.92. The quantitative estimate of drug-likeness (QED) is 0.631. The number of benzene rings is 1. The van der Waals surface area contributed by atoms with Gasteiger partial charge in [-0.3, -0.25) is 9.59 Å². The average molecular weight is 344 g/mol. The Balaban J connectivity index is 0.00000484. The predicted octanol–water partition coefficient (Wildman–Crippen LogP) is 1.47. The summed E-state index contributed by atoms with van der Waals surface area (Å²) in [6.07, 6.45) is 1.11. The van der Waals surface area contributed by atoms with E-state index in [4.69, 9.17) is 16.2 Å². The first kappa shape index (κ1) is 21.2. The van der Waals surface area contributed by atoms with Crippen molar-refractivity contribution in [1.82, 2.24) is 5.32 Å². The van der Waals surface area contributed by atoms with Gasteiger partial charge in [0.15, 0.2) is 0 Å². The van der Waals surface area contributed by atoms with E-state index in [9.17, 15) is 9.59 Å². The molecule has 0 aliphatic rings. The fraction of sp³-hybridized carbons (Fsp3) is 0.500. The Morgan fingerprint density at radius 1 is 1.22 bits per heavy atom. The summed E-state index contributed by atoms with van der Waals surface area (Å²) in [5.74, 6) is 0.512. The van der Waals surface area contributed by atoms with Crippen LogP contribution < -0.4 is 21.5 Å². The minimum absolute atomic E-state index is 0. The molecule has 1 aromatic carbocycles. The van der Waals surface area contributed by atoms with Crippen LogP contribution in [0.5, 0.6) is 5.75 Å². The Kier molecular flexibility index (Phi) is 10.0. The molecule has 0 aliphatic carbocycles.